The first-order valence-electron chi connectivity index (χ1n) is 10.5. The number of hydrogen-bond acceptors (Lipinski definition) is 3. The number of ether oxygens (including phenoxy) is 1. The van der Waals surface area contributed by atoms with Crippen molar-refractivity contribution in [1.29, 1.82) is 0 Å². The molecule has 0 radical (unpaired) electrons. The van der Waals surface area contributed by atoms with E-state index in [2.05, 4.69) is 26.6 Å². The Morgan fingerprint density at radius 1 is 1.00 bits per heavy atom. The molecule has 2 amide bonds. The van der Waals surface area contributed by atoms with Crippen LogP contribution < -0.4 is 15.4 Å². The Morgan fingerprint density at radius 3 is 2.23 bits per heavy atom. The van der Waals surface area contributed by atoms with Crippen molar-refractivity contribution in [3.05, 3.63) is 52.0 Å². The van der Waals surface area contributed by atoms with Crippen LogP contribution in [0.25, 0.3) is 0 Å². The molecule has 3 rings (SSSR count). The summed E-state index contributed by atoms with van der Waals surface area (Å²) in [7, 11) is 0. The van der Waals surface area contributed by atoms with Gasteiger partial charge in [0.05, 0.1) is 0 Å². The highest BCUT2D eigenvalue weighted by Gasteiger charge is 2.21. The number of hydrogen-bond donors (Lipinski definition) is 2. The summed E-state index contributed by atoms with van der Waals surface area (Å²) in [5, 5.41) is 5.87. The normalized spacial score (nSPS) is 15.3. The highest BCUT2D eigenvalue weighted by Crippen LogP contribution is 2.29. The molecule has 1 aliphatic rings. The summed E-state index contributed by atoms with van der Waals surface area (Å²) in [6.45, 7) is 5.64. The van der Waals surface area contributed by atoms with Crippen molar-refractivity contribution in [1.82, 2.24) is 0 Å². The molecule has 0 spiro atoms. The van der Waals surface area contributed by atoms with E-state index in [1.807, 2.05) is 38.1 Å². The van der Waals surface area contributed by atoms with Crippen LogP contribution in [0.3, 0.4) is 0 Å². The summed E-state index contributed by atoms with van der Waals surface area (Å²) < 4.78 is 6.92. The summed E-state index contributed by atoms with van der Waals surface area (Å²) in [5.74, 6) is 0.626. The molecule has 2 N–H and O–H groups in total. The van der Waals surface area contributed by atoms with Crippen molar-refractivity contribution in [2.24, 2.45) is 5.92 Å². The minimum Gasteiger partial charge on any atom is -0.480 e. The van der Waals surface area contributed by atoms with Gasteiger partial charge in [0.2, 0.25) is 5.91 Å². The monoisotopic (exact) mass is 472 g/mol. The fraction of sp³-hybridized carbons (Fsp3) is 0.417. The molecule has 160 valence electrons. The van der Waals surface area contributed by atoms with Crippen molar-refractivity contribution >= 4 is 39.1 Å². The van der Waals surface area contributed by atoms with E-state index in [0.717, 1.165) is 41.3 Å². The number of carbonyl (C=O) groups is 2. The third-order valence-corrected chi connectivity index (χ3v) is 5.92. The fourth-order valence-electron chi connectivity index (χ4n) is 3.84. The number of anilines is 2. The molecule has 0 bridgehead atoms. The van der Waals surface area contributed by atoms with Crippen molar-refractivity contribution in [2.75, 3.05) is 10.6 Å². The summed E-state index contributed by atoms with van der Waals surface area (Å²) in [6, 6.07) is 11.2. The minimum atomic E-state index is -0.663. The summed E-state index contributed by atoms with van der Waals surface area (Å²) >= 11 is 3.47. The van der Waals surface area contributed by atoms with Gasteiger partial charge < -0.3 is 15.4 Å². The molecular weight excluding hydrogens is 444 g/mol. The second-order valence-corrected chi connectivity index (χ2v) is 8.94. The zero-order chi connectivity index (χ0) is 21.7. The van der Waals surface area contributed by atoms with Gasteiger partial charge in [0, 0.05) is 21.8 Å². The summed E-state index contributed by atoms with van der Waals surface area (Å²) in [6.07, 6.45) is 4.68. The average Bonchev–Trinajstić information content (AvgIpc) is 2.71. The Hall–Kier alpha value is -2.34. The van der Waals surface area contributed by atoms with Crippen LogP contribution in [-0.2, 0) is 9.59 Å². The second-order valence-electron chi connectivity index (χ2n) is 8.02. The molecule has 5 nitrogen and oxygen atoms in total. The molecule has 1 aliphatic carbocycles. The largest absolute Gasteiger partial charge is 0.480 e. The van der Waals surface area contributed by atoms with Gasteiger partial charge in [-0.3, -0.25) is 9.59 Å². The number of nitrogens with one attached hydrogen (secondary N) is 2. The maximum atomic E-state index is 12.7. The van der Waals surface area contributed by atoms with Crippen molar-refractivity contribution in [3.8, 4) is 5.75 Å². The van der Waals surface area contributed by atoms with E-state index in [1.165, 1.54) is 6.42 Å². The smallest absolute Gasteiger partial charge is 0.265 e. The molecule has 1 atom stereocenters. The van der Waals surface area contributed by atoms with Crippen molar-refractivity contribution in [3.63, 3.8) is 0 Å². The van der Waals surface area contributed by atoms with Gasteiger partial charge in [-0.25, -0.2) is 0 Å². The number of halogens is 1. The first-order chi connectivity index (χ1) is 14.3. The molecule has 1 unspecified atom stereocenters. The fourth-order valence-corrected chi connectivity index (χ4v) is 4.53. The summed E-state index contributed by atoms with van der Waals surface area (Å²) in [4.78, 5) is 25.1. The molecule has 0 aliphatic heterocycles. The van der Waals surface area contributed by atoms with E-state index < -0.39 is 6.10 Å². The predicted molar refractivity (Wildman–Crippen MR) is 124 cm³/mol. The number of benzene rings is 2. The molecule has 2 aromatic carbocycles. The van der Waals surface area contributed by atoms with Crippen LogP contribution in [0.4, 0.5) is 11.4 Å². The highest BCUT2D eigenvalue weighted by atomic mass is 79.9. The lowest BCUT2D eigenvalue weighted by molar-refractivity contribution is -0.122. The predicted octanol–water partition coefficient (Wildman–Crippen LogP) is 5.99. The molecule has 2 aromatic rings. The molecule has 0 saturated heterocycles. The third kappa shape index (κ3) is 5.85. The Kier molecular flexibility index (Phi) is 7.53. The summed E-state index contributed by atoms with van der Waals surface area (Å²) in [5.41, 5.74) is 3.25. The maximum absolute atomic E-state index is 12.7. The van der Waals surface area contributed by atoms with Gasteiger partial charge in [0.15, 0.2) is 6.10 Å². The molecule has 1 fully saturated rings. The van der Waals surface area contributed by atoms with Crippen LogP contribution in [-0.4, -0.2) is 17.9 Å². The highest BCUT2D eigenvalue weighted by molar-refractivity contribution is 9.10. The Morgan fingerprint density at radius 2 is 1.60 bits per heavy atom. The first-order valence-corrected chi connectivity index (χ1v) is 11.3. The average molecular weight is 473 g/mol. The molecule has 6 heteroatoms. The van der Waals surface area contributed by atoms with E-state index in [9.17, 15) is 9.59 Å². The third-order valence-electron chi connectivity index (χ3n) is 5.46. The Bertz CT molecular complexity index is 899. The Balaban J connectivity index is 1.61. The molecular formula is C24H29BrN2O3. The molecule has 0 aromatic heterocycles. The second kappa shape index (κ2) is 10.1. The molecule has 1 saturated carbocycles. The van der Waals surface area contributed by atoms with Crippen LogP contribution in [0.5, 0.6) is 5.75 Å². The SMILES string of the molecule is Cc1cc(Br)cc(C)c1OC(C)C(=O)Nc1cccc(NC(=O)C2CCCCC2)c1. The lowest BCUT2D eigenvalue weighted by Crippen LogP contribution is -2.30. The topological polar surface area (TPSA) is 67.4 Å². The van der Waals surface area contributed by atoms with Gasteiger partial charge in [-0.05, 0) is 75.1 Å². The zero-order valence-electron chi connectivity index (χ0n) is 17.8. The standard InChI is InChI=1S/C24H29BrN2O3/c1-15-12-19(25)13-16(2)22(15)30-17(3)23(28)26-20-10-7-11-21(14-20)27-24(29)18-8-5-4-6-9-18/h7,10-14,17-18H,4-6,8-9H2,1-3H3,(H,26,28)(H,27,29). The maximum Gasteiger partial charge on any atom is 0.265 e. The van der Waals surface area contributed by atoms with Gasteiger partial charge in [-0.2, -0.15) is 0 Å². The van der Waals surface area contributed by atoms with Gasteiger partial charge in [0.25, 0.3) is 5.91 Å². The zero-order valence-corrected chi connectivity index (χ0v) is 19.3. The van der Waals surface area contributed by atoms with Gasteiger partial charge >= 0.3 is 0 Å². The minimum absolute atomic E-state index is 0.0658. The van der Waals surface area contributed by atoms with Crippen molar-refractivity contribution < 1.29 is 14.3 Å². The quantitative estimate of drug-likeness (QED) is 0.542. The van der Waals surface area contributed by atoms with E-state index in [0.29, 0.717) is 17.1 Å². The Labute approximate surface area is 186 Å². The van der Waals surface area contributed by atoms with Crippen molar-refractivity contribution in [2.45, 2.75) is 59.0 Å². The van der Waals surface area contributed by atoms with E-state index in [1.54, 1.807) is 19.1 Å². The van der Waals surface area contributed by atoms with Gasteiger partial charge in [-0.1, -0.05) is 41.3 Å². The van der Waals surface area contributed by atoms with Gasteiger partial charge in [0.1, 0.15) is 5.75 Å². The van der Waals surface area contributed by atoms with Crippen LogP contribution in [0.2, 0.25) is 0 Å². The number of amides is 2. The van der Waals surface area contributed by atoms with Crippen LogP contribution in [0.1, 0.15) is 50.2 Å². The van der Waals surface area contributed by atoms with E-state index >= 15 is 0 Å². The van der Waals surface area contributed by atoms with Crippen LogP contribution in [0.15, 0.2) is 40.9 Å². The van der Waals surface area contributed by atoms with E-state index in [4.69, 9.17) is 4.74 Å². The van der Waals surface area contributed by atoms with Crippen LogP contribution in [0, 0.1) is 19.8 Å². The number of rotatable bonds is 6. The lowest BCUT2D eigenvalue weighted by Gasteiger charge is -2.21. The van der Waals surface area contributed by atoms with Crippen LogP contribution >= 0.6 is 15.9 Å². The molecule has 0 heterocycles. The first kappa shape index (κ1) is 22.3. The number of aryl methyl sites for hydroxylation is 2. The van der Waals surface area contributed by atoms with E-state index in [-0.39, 0.29) is 17.7 Å². The molecule has 30 heavy (non-hydrogen) atoms. The lowest BCUT2D eigenvalue weighted by atomic mass is 9.88. The number of carbonyl (C=O) groups excluding carboxylic acids is 2. The van der Waals surface area contributed by atoms with Gasteiger partial charge in [-0.15, -0.1) is 0 Å².